The molecule has 2 amide bonds. The first kappa shape index (κ1) is 21.3. The van der Waals surface area contributed by atoms with Gasteiger partial charge in [0.05, 0.1) is 27.4 Å². The predicted octanol–water partition coefficient (Wildman–Crippen LogP) is 4.70. The van der Waals surface area contributed by atoms with Gasteiger partial charge in [-0.25, -0.2) is 4.98 Å². The largest absolute Gasteiger partial charge is 0.494 e. The van der Waals surface area contributed by atoms with E-state index in [2.05, 4.69) is 20.9 Å². The highest BCUT2D eigenvalue weighted by Crippen LogP contribution is 2.34. The van der Waals surface area contributed by atoms with Crippen molar-refractivity contribution >= 4 is 84.7 Å². The first-order valence-corrected chi connectivity index (χ1v) is 10.1. The van der Waals surface area contributed by atoms with Crippen LogP contribution in [0.15, 0.2) is 30.3 Å². The van der Waals surface area contributed by atoms with Crippen molar-refractivity contribution in [2.75, 3.05) is 17.7 Å². The van der Waals surface area contributed by atoms with Gasteiger partial charge in [0.25, 0.3) is 5.91 Å². The molecule has 0 aliphatic rings. The number of benzene rings is 2. The van der Waals surface area contributed by atoms with E-state index in [9.17, 15) is 9.59 Å². The van der Waals surface area contributed by atoms with Crippen LogP contribution in [0.3, 0.4) is 0 Å². The number of carbonyl (C=O) groups is 2. The Morgan fingerprint density at radius 3 is 2.45 bits per heavy atom. The Bertz CT molecular complexity index is 1110. The third-order valence-corrected chi connectivity index (χ3v) is 5.32. The minimum Gasteiger partial charge on any atom is -0.494 e. The maximum absolute atomic E-state index is 12.4. The van der Waals surface area contributed by atoms with Crippen LogP contribution in [0.5, 0.6) is 5.75 Å². The maximum Gasteiger partial charge on any atom is 0.257 e. The predicted molar refractivity (Wildman–Crippen MR) is 121 cm³/mol. The lowest BCUT2D eigenvalue weighted by Crippen LogP contribution is -2.34. The first-order chi connectivity index (χ1) is 13.8. The number of ether oxygens (including phenoxy) is 1. The monoisotopic (exact) mass is 468 g/mol. The van der Waals surface area contributed by atoms with Gasteiger partial charge in [-0.2, -0.15) is 0 Å². The molecular formula is C18H14Cl2N4O3S2. The van der Waals surface area contributed by atoms with Gasteiger partial charge in [-0.1, -0.05) is 34.5 Å². The number of amides is 2. The Balaban J connectivity index is 1.70. The van der Waals surface area contributed by atoms with Crippen LogP contribution in [0.4, 0.5) is 10.8 Å². The number of aromatic nitrogens is 1. The molecule has 0 spiro atoms. The van der Waals surface area contributed by atoms with Crippen LogP contribution in [0.25, 0.3) is 10.2 Å². The summed E-state index contributed by atoms with van der Waals surface area (Å²) in [6, 6.07) is 8.22. The number of fused-ring (bicyclic) bond motifs is 1. The molecule has 0 fully saturated rings. The second kappa shape index (κ2) is 8.91. The number of anilines is 2. The Kier molecular flexibility index (Phi) is 6.53. The smallest absolute Gasteiger partial charge is 0.257 e. The minimum atomic E-state index is -0.483. The lowest BCUT2D eigenvalue weighted by molar-refractivity contribution is -0.114. The highest BCUT2D eigenvalue weighted by atomic mass is 35.5. The molecule has 2 aromatic carbocycles. The van der Waals surface area contributed by atoms with Crippen LogP contribution in [0.2, 0.25) is 10.0 Å². The normalized spacial score (nSPS) is 10.5. The van der Waals surface area contributed by atoms with E-state index in [0.29, 0.717) is 16.6 Å². The van der Waals surface area contributed by atoms with Crippen molar-refractivity contribution in [3.63, 3.8) is 0 Å². The summed E-state index contributed by atoms with van der Waals surface area (Å²) in [6.45, 7) is 1.44. The third kappa shape index (κ3) is 5.13. The molecule has 1 heterocycles. The Hall–Kier alpha value is -2.46. The average molecular weight is 469 g/mol. The van der Waals surface area contributed by atoms with Crippen molar-refractivity contribution < 1.29 is 14.3 Å². The average Bonchev–Trinajstić information content (AvgIpc) is 3.02. The van der Waals surface area contributed by atoms with Crippen LogP contribution in [0.1, 0.15) is 17.3 Å². The van der Waals surface area contributed by atoms with E-state index in [-0.39, 0.29) is 26.6 Å². The summed E-state index contributed by atoms with van der Waals surface area (Å²) in [5, 5.41) is 9.13. The van der Waals surface area contributed by atoms with Crippen molar-refractivity contribution in [3.8, 4) is 5.75 Å². The molecule has 0 saturated carbocycles. The number of carbonyl (C=O) groups excluding carboxylic acids is 2. The van der Waals surface area contributed by atoms with E-state index in [1.54, 1.807) is 12.1 Å². The summed E-state index contributed by atoms with van der Waals surface area (Å²) < 4.78 is 5.91. The highest BCUT2D eigenvalue weighted by Gasteiger charge is 2.15. The van der Waals surface area contributed by atoms with E-state index in [4.69, 9.17) is 40.2 Å². The van der Waals surface area contributed by atoms with E-state index < -0.39 is 5.91 Å². The van der Waals surface area contributed by atoms with Crippen LogP contribution < -0.4 is 20.7 Å². The zero-order chi connectivity index (χ0) is 21.1. The van der Waals surface area contributed by atoms with Gasteiger partial charge in [0.2, 0.25) is 5.91 Å². The molecule has 1 aromatic heterocycles. The molecule has 0 aliphatic heterocycles. The standard InChI is InChI=1S/C18H14Cl2N4O3S2/c1-8(25)21-10-3-4-13-14(7-10)29-18(22-13)24-17(28)23-16(26)9-5-11(19)15(27-2)12(20)6-9/h3-7H,1-2H3,(H,21,25)(H2,22,23,24,26,28). The van der Waals surface area contributed by atoms with Crippen molar-refractivity contribution in [1.29, 1.82) is 0 Å². The SMILES string of the molecule is COc1c(Cl)cc(C(=O)NC(=S)Nc2nc3ccc(NC(C)=O)cc3s2)cc1Cl. The van der Waals surface area contributed by atoms with Gasteiger partial charge in [-0.3, -0.25) is 14.9 Å². The molecule has 3 rings (SSSR count). The number of thiazole rings is 1. The summed E-state index contributed by atoms with van der Waals surface area (Å²) in [6.07, 6.45) is 0. The Morgan fingerprint density at radius 1 is 1.14 bits per heavy atom. The van der Waals surface area contributed by atoms with Gasteiger partial charge in [0.15, 0.2) is 16.0 Å². The summed E-state index contributed by atoms with van der Waals surface area (Å²) in [5.74, 6) is -0.350. The molecule has 11 heteroatoms. The molecule has 3 aromatic rings. The summed E-state index contributed by atoms with van der Waals surface area (Å²) >= 11 is 18.6. The van der Waals surface area contributed by atoms with Crippen LogP contribution in [-0.4, -0.2) is 29.0 Å². The number of rotatable bonds is 4. The van der Waals surface area contributed by atoms with Crippen molar-refractivity contribution in [2.45, 2.75) is 6.92 Å². The molecule has 0 bridgehead atoms. The Morgan fingerprint density at radius 2 is 1.83 bits per heavy atom. The lowest BCUT2D eigenvalue weighted by atomic mass is 10.2. The van der Waals surface area contributed by atoms with Gasteiger partial charge in [-0.05, 0) is 42.5 Å². The fourth-order valence-electron chi connectivity index (χ4n) is 2.45. The van der Waals surface area contributed by atoms with Crippen molar-refractivity contribution in [2.24, 2.45) is 0 Å². The van der Waals surface area contributed by atoms with E-state index >= 15 is 0 Å². The van der Waals surface area contributed by atoms with Crippen molar-refractivity contribution in [1.82, 2.24) is 10.3 Å². The molecule has 3 N–H and O–H groups in total. The van der Waals surface area contributed by atoms with Crippen LogP contribution in [0, 0.1) is 0 Å². The van der Waals surface area contributed by atoms with Gasteiger partial charge >= 0.3 is 0 Å². The molecule has 0 unspecified atom stereocenters. The molecule has 150 valence electrons. The van der Waals surface area contributed by atoms with E-state index in [0.717, 1.165) is 10.2 Å². The number of nitrogens with zero attached hydrogens (tertiary/aromatic N) is 1. The molecule has 0 atom stereocenters. The summed E-state index contributed by atoms with van der Waals surface area (Å²) in [5.41, 5.74) is 1.63. The number of nitrogens with one attached hydrogen (secondary N) is 3. The molecule has 0 aliphatic carbocycles. The van der Waals surface area contributed by atoms with Gasteiger partial charge in [-0.15, -0.1) is 0 Å². The van der Waals surface area contributed by atoms with E-state index in [1.807, 2.05) is 6.07 Å². The van der Waals surface area contributed by atoms with Gasteiger partial charge in [0, 0.05) is 18.2 Å². The molecule has 29 heavy (non-hydrogen) atoms. The zero-order valence-electron chi connectivity index (χ0n) is 15.1. The summed E-state index contributed by atoms with van der Waals surface area (Å²) in [4.78, 5) is 28.0. The van der Waals surface area contributed by atoms with E-state index in [1.165, 1.54) is 37.5 Å². The second-order valence-electron chi connectivity index (χ2n) is 5.76. The molecule has 7 nitrogen and oxygen atoms in total. The first-order valence-electron chi connectivity index (χ1n) is 8.10. The van der Waals surface area contributed by atoms with Crippen LogP contribution in [-0.2, 0) is 4.79 Å². The Labute approximate surface area is 185 Å². The molecular weight excluding hydrogens is 455 g/mol. The lowest BCUT2D eigenvalue weighted by Gasteiger charge is -2.10. The van der Waals surface area contributed by atoms with Crippen molar-refractivity contribution in [3.05, 3.63) is 45.9 Å². The molecule has 0 radical (unpaired) electrons. The number of halogens is 2. The molecule has 0 saturated heterocycles. The minimum absolute atomic E-state index is 0.0687. The zero-order valence-corrected chi connectivity index (χ0v) is 18.3. The quantitative estimate of drug-likeness (QED) is 0.480. The number of methoxy groups -OCH3 is 1. The fourth-order valence-corrected chi connectivity index (χ4v) is 4.25. The fraction of sp³-hybridized carbons (Fsp3) is 0.111. The number of hydrogen-bond acceptors (Lipinski definition) is 6. The van der Waals surface area contributed by atoms with Crippen LogP contribution >= 0.6 is 46.8 Å². The highest BCUT2D eigenvalue weighted by molar-refractivity contribution is 7.80. The topological polar surface area (TPSA) is 92.3 Å². The second-order valence-corrected chi connectivity index (χ2v) is 8.02. The van der Waals surface area contributed by atoms with Gasteiger partial charge in [0.1, 0.15) is 0 Å². The number of hydrogen-bond donors (Lipinski definition) is 3. The van der Waals surface area contributed by atoms with Gasteiger partial charge < -0.3 is 15.4 Å². The number of thiocarbonyl (C=S) groups is 1. The summed E-state index contributed by atoms with van der Waals surface area (Å²) in [7, 11) is 1.43. The maximum atomic E-state index is 12.4. The third-order valence-electron chi connectivity index (χ3n) is 3.62.